The molecule has 2 fully saturated rings. The minimum Gasteiger partial charge on any atom is -0.508 e. The summed E-state index contributed by atoms with van der Waals surface area (Å²) in [6.45, 7) is 2.24. The van der Waals surface area contributed by atoms with Crippen molar-refractivity contribution in [2.24, 2.45) is 17.3 Å². The lowest BCUT2D eigenvalue weighted by molar-refractivity contribution is -0.384. The van der Waals surface area contributed by atoms with Crippen LogP contribution in [-0.2, 0) is 6.42 Å². The molecule has 3 aliphatic rings. The van der Waals surface area contributed by atoms with Crippen LogP contribution in [0, 0.1) is 27.4 Å². The first kappa shape index (κ1) is 19.3. The molecule has 0 radical (unpaired) electrons. The minimum atomic E-state index is -0.472. The number of aryl methyl sites for hydroxylation is 1. The maximum absolute atomic E-state index is 11.3. The molecule has 0 aliphatic heterocycles. The number of non-ortho nitro benzene ring substituents is 1. The fraction of sp³-hybridized carbons (Fsp3) is 0.440. The molecule has 0 spiro atoms. The second-order valence-electron chi connectivity index (χ2n) is 9.52. The number of aromatic hydroxyl groups is 1. The molecule has 0 unspecified atom stereocenters. The van der Waals surface area contributed by atoms with Crippen molar-refractivity contribution in [1.82, 2.24) is 0 Å². The average Bonchev–Trinajstić information content (AvgIpc) is 2.98. The third kappa shape index (κ3) is 2.95. The second kappa shape index (κ2) is 6.95. The molecule has 0 heterocycles. The molecule has 0 saturated heterocycles. The zero-order chi connectivity index (χ0) is 21.0. The van der Waals surface area contributed by atoms with E-state index in [1.165, 1.54) is 23.3 Å². The molecule has 156 valence electrons. The number of hydrogen-bond donors (Lipinski definition) is 2. The molecule has 2 N–H and O–H groups in total. The van der Waals surface area contributed by atoms with Crippen LogP contribution in [0.5, 0.6) is 5.75 Å². The second-order valence-corrected chi connectivity index (χ2v) is 9.52. The van der Waals surface area contributed by atoms with Gasteiger partial charge in [-0.25, -0.2) is 0 Å². The summed E-state index contributed by atoms with van der Waals surface area (Å²) in [5.74, 6) is 1.81. The quantitative estimate of drug-likeness (QED) is 0.531. The Hall–Kier alpha value is -2.66. The molecule has 0 bridgehead atoms. The number of aliphatic hydroxyl groups is 1. The number of hydrogen-bond acceptors (Lipinski definition) is 4. The Bertz CT molecular complexity index is 1030. The molecule has 2 aromatic rings. The Morgan fingerprint density at radius 2 is 1.93 bits per heavy atom. The van der Waals surface area contributed by atoms with E-state index in [4.69, 9.17) is 0 Å². The van der Waals surface area contributed by atoms with Crippen molar-refractivity contribution in [2.75, 3.05) is 0 Å². The molecule has 2 saturated carbocycles. The van der Waals surface area contributed by atoms with Gasteiger partial charge in [-0.15, -0.1) is 0 Å². The van der Waals surface area contributed by atoms with E-state index in [1.54, 1.807) is 18.2 Å². The predicted octanol–water partition coefficient (Wildman–Crippen LogP) is 5.21. The highest BCUT2D eigenvalue weighted by Crippen LogP contribution is 2.62. The van der Waals surface area contributed by atoms with Crippen LogP contribution >= 0.6 is 0 Å². The van der Waals surface area contributed by atoms with E-state index >= 15 is 0 Å². The van der Waals surface area contributed by atoms with Gasteiger partial charge < -0.3 is 10.2 Å². The number of fused-ring (bicyclic) bond motifs is 5. The van der Waals surface area contributed by atoms with Gasteiger partial charge in [0.25, 0.3) is 5.69 Å². The summed E-state index contributed by atoms with van der Waals surface area (Å²) in [4.78, 5) is 10.5. The third-order valence-electron chi connectivity index (χ3n) is 8.04. The number of phenolic OH excluding ortho intramolecular Hbond substituents is 1. The number of aliphatic hydroxyl groups excluding tert-OH is 1. The fourth-order valence-corrected chi connectivity index (χ4v) is 6.47. The maximum atomic E-state index is 11.3. The Labute approximate surface area is 176 Å². The van der Waals surface area contributed by atoms with Gasteiger partial charge in [-0.3, -0.25) is 10.1 Å². The Balaban J connectivity index is 1.44. The highest BCUT2D eigenvalue weighted by molar-refractivity contribution is 5.57. The van der Waals surface area contributed by atoms with Crippen molar-refractivity contribution in [1.29, 1.82) is 0 Å². The lowest BCUT2D eigenvalue weighted by Gasteiger charge is -2.49. The minimum absolute atomic E-state index is 0.0829. The first-order valence-corrected chi connectivity index (χ1v) is 10.8. The monoisotopic (exact) mass is 405 g/mol. The van der Waals surface area contributed by atoms with Crippen LogP contribution in [0.1, 0.15) is 55.2 Å². The SMILES string of the molecule is C[C@]12CC[C@@H]3c4ccc(O)cc4CC[C@H]3[C@@H]1C/C(=C\c1ccc([N+](=O)[O-])cc1)[C@@H]2O. The summed E-state index contributed by atoms with van der Waals surface area (Å²) in [7, 11) is 0. The van der Waals surface area contributed by atoms with Crippen LogP contribution in [0.15, 0.2) is 48.0 Å². The Kier molecular flexibility index (Phi) is 4.47. The standard InChI is InChI=1S/C25H27NO4/c1-25-11-10-21-20-9-7-19(27)13-16(20)4-8-22(21)23(25)14-17(24(25)28)12-15-2-5-18(6-3-15)26(29)30/h2-3,5-7,9,12-13,21-24,27-28H,4,8,10-11,14H2,1H3/b17-12+/t21-,22-,23+,24+,25+/m1/s1. The Morgan fingerprint density at radius 3 is 2.67 bits per heavy atom. The number of rotatable bonds is 2. The van der Waals surface area contributed by atoms with Crippen molar-refractivity contribution >= 4 is 11.8 Å². The topological polar surface area (TPSA) is 83.6 Å². The van der Waals surface area contributed by atoms with Crippen LogP contribution in [-0.4, -0.2) is 21.2 Å². The van der Waals surface area contributed by atoms with Gasteiger partial charge in [0.1, 0.15) is 5.75 Å². The van der Waals surface area contributed by atoms with Gasteiger partial charge in [0.2, 0.25) is 0 Å². The van der Waals surface area contributed by atoms with Gasteiger partial charge in [-0.1, -0.05) is 19.1 Å². The van der Waals surface area contributed by atoms with Crippen LogP contribution in [0.25, 0.3) is 6.08 Å². The molecule has 5 atom stereocenters. The molecule has 30 heavy (non-hydrogen) atoms. The van der Waals surface area contributed by atoms with Crippen LogP contribution < -0.4 is 0 Å². The van der Waals surface area contributed by atoms with E-state index < -0.39 is 11.0 Å². The fourth-order valence-electron chi connectivity index (χ4n) is 6.47. The first-order valence-electron chi connectivity index (χ1n) is 10.8. The van der Waals surface area contributed by atoms with E-state index in [0.717, 1.165) is 43.2 Å². The number of nitro benzene ring substituents is 1. The molecule has 0 amide bonds. The maximum Gasteiger partial charge on any atom is 0.269 e. The lowest BCUT2D eigenvalue weighted by Crippen LogP contribution is -2.44. The number of benzene rings is 2. The number of nitrogens with zero attached hydrogens (tertiary/aromatic N) is 1. The zero-order valence-electron chi connectivity index (χ0n) is 17.1. The summed E-state index contributed by atoms with van der Waals surface area (Å²) in [6, 6.07) is 12.4. The molecule has 5 heteroatoms. The van der Waals surface area contributed by atoms with Gasteiger partial charge in [-0.2, -0.15) is 0 Å². The average molecular weight is 405 g/mol. The highest BCUT2D eigenvalue weighted by Gasteiger charge is 2.56. The van der Waals surface area contributed by atoms with Crippen molar-refractivity contribution in [2.45, 2.75) is 51.0 Å². The van der Waals surface area contributed by atoms with Crippen molar-refractivity contribution in [3.8, 4) is 5.75 Å². The van der Waals surface area contributed by atoms with Gasteiger partial charge in [0.05, 0.1) is 11.0 Å². The largest absolute Gasteiger partial charge is 0.508 e. The summed E-state index contributed by atoms with van der Waals surface area (Å²) in [6.07, 6.45) is 6.56. The first-order chi connectivity index (χ1) is 14.4. The van der Waals surface area contributed by atoms with Crippen LogP contribution in [0.2, 0.25) is 0 Å². The van der Waals surface area contributed by atoms with Gasteiger partial charge >= 0.3 is 0 Å². The van der Waals surface area contributed by atoms with Crippen molar-refractivity contribution in [3.05, 3.63) is 74.8 Å². The molecule has 5 rings (SSSR count). The van der Waals surface area contributed by atoms with Gasteiger partial charge in [-0.05, 0) is 96.4 Å². The van der Waals surface area contributed by atoms with E-state index in [-0.39, 0.29) is 11.1 Å². The summed E-state index contributed by atoms with van der Waals surface area (Å²) >= 11 is 0. The molecule has 2 aromatic carbocycles. The van der Waals surface area contributed by atoms with Gasteiger partial charge in [0.15, 0.2) is 0 Å². The van der Waals surface area contributed by atoms with Crippen LogP contribution in [0.4, 0.5) is 5.69 Å². The van der Waals surface area contributed by atoms with Crippen molar-refractivity contribution in [3.63, 3.8) is 0 Å². The van der Waals surface area contributed by atoms with E-state index in [1.807, 2.05) is 12.1 Å². The van der Waals surface area contributed by atoms with Gasteiger partial charge in [0, 0.05) is 17.5 Å². The highest BCUT2D eigenvalue weighted by atomic mass is 16.6. The molecule has 3 aliphatic carbocycles. The molecular formula is C25H27NO4. The summed E-state index contributed by atoms with van der Waals surface area (Å²) < 4.78 is 0. The summed E-state index contributed by atoms with van der Waals surface area (Å²) in [5.41, 5.74) is 4.57. The Morgan fingerprint density at radius 1 is 1.17 bits per heavy atom. The molecule has 5 nitrogen and oxygen atoms in total. The number of nitro groups is 1. The van der Waals surface area contributed by atoms with Crippen molar-refractivity contribution < 1.29 is 15.1 Å². The summed E-state index contributed by atoms with van der Waals surface area (Å²) in [5, 5.41) is 32.0. The predicted molar refractivity (Wildman–Crippen MR) is 115 cm³/mol. The zero-order valence-corrected chi connectivity index (χ0v) is 17.1. The molecular weight excluding hydrogens is 378 g/mol. The van der Waals surface area contributed by atoms with E-state index in [9.17, 15) is 20.3 Å². The lowest BCUT2D eigenvalue weighted by atomic mass is 9.55. The smallest absolute Gasteiger partial charge is 0.269 e. The molecule has 0 aromatic heterocycles. The normalized spacial score (nSPS) is 33.6. The van der Waals surface area contributed by atoms with E-state index in [0.29, 0.717) is 23.5 Å². The van der Waals surface area contributed by atoms with E-state index in [2.05, 4.69) is 13.0 Å². The van der Waals surface area contributed by atoms with Crippen LogP contribution in [0.3, 0.4) is 0 Å². The number of phenols is 1. The third-order valence-corrected chi connectivity index (χ3v) is 8.04.